The fraction of sp³-hybridized carbons (Fsp3) is 0.412. The summed E-state index contributed by atoms with van der Waals surface area (Å²) in [6, 6.07) is 7.78. The average molecular weight is 332 g/mol. The van der Waals surface area contributed by atoms with Gasteiger partial charge in [0.15, 0.2) is 5.13 Å². The quantitative estimate of drug-likeness (QED) is 0.906. The first-order valence-electron chi connectivity index (χ1n) is 7.75. The summed E-state index contributed by atoms with van der Waals surface area (Å²) >= 11 is 1.41. The number of benzene rings is 1. The molecule has 3 rings (SSSR count). The number of amides is 1. The van der Waals surface area contributed by atoms with Crippen LogP contribution >= 0.6 is 11.3 Å². The molecule has 1 fully saturated rings. The molecule has 2 heterocycles. The third-order valence-corrected chi connectivity index (χ3v) is 4.62. The van der Waals surface area contributed by atoms with Gasteiger partial charge in [-0.2, -0.15) is 0 Å². The summed E-state index contributed by atoms with van der Waals surface area (Å²) in [7, 11) is 0. The van der Waals surface area contributed by atoms with Crippen LogP contribution in [0.4, 0.5) is 5.13 Å². The zero-order chi connectivity index (χ0) is 16.3. The molecular weight excluding hydrogens is 312 g/mol. The van der Waals surface area contributed by atoms with Crippen molar-refractivity contribution in [3.05, 3.63) is 29.6 Å². The lowest BCUT2D eigenvalue weighted by Crippen LogP contribution is -2.39. The van der Waals surface area contributed by atoms with Gasteiger partial charge in [0.05, 0.1) is 12.3 Å². The second-order valence-corrected chi connectivity index (χ2v) is 6.49. The van der Waals surface area contributed by atoms with E-state index in [1.165, 1.54) is 11.3 Å². The van der Waals surface area contributed by atoms with Crippen molar-refractivity contribution >= 4 is 22.4 Å². The van der Waals surface area contributed by atoms with Crippen molar-refractivity contribution in [3.8, 4) is 17.0 Å². The van der Waals surface area contributed by atoms with Crippen molar-refractivity contribution in [2.45, 2.75) is 32.3 Å². The Kier molecular flexibility index (Phi) is 4.63. The topological polar surface area (TPSA) is 60.5 Å². The number of carbonyl (C=O) groups is 1. The van der Waals surface area contributed by atoms with Crippen LogP contribution in [0, 0.1) is 0 Å². The third kappa shape index (κ3) is 3.54. The molecule has 0 spiro atoms. The molecule has 0 aliphatic carbocycles. The number of aromatic nitrogens is 1. The summed E-state index contributed by atoms with van der Waals surface area (Å²) in [5, 5.41) is 5.38. The van der Waals surface area contributed by atoms with Gasteiger partial charge in [-0.15, -0.1) is 11.3 Å². The van der Waals surface area contributed by atoms with E-state index in [2.05, 4.69) is 10.3 Å². The Hall–Kier alpha value is -1.92. The van der Waals surface area contributed by atoms with Gasteiger partial charge >= 0.3 is 0 Å². The first-order valence-corrected chi connectivity index (χ1v) is 8.63. The predicted molar refractivity (Wildman–Crippen MR) is 90.9 cm³/mol. The first kappa shape index (κ1) is 16.0. The summed E-state index contributed by atoms with van der Waals surface area (Å²) in [4.78, 5) is 16.8. The maximum atomic E-state index is 12.3. The lowest BCUT2D eigenvalue weighted by molar-refractivity contribution is -0.133. The Balaban J connectivity index is 1.73. The monoisotopic (exact) mass is 332 g/mol. The van der Waals surface area contributed by atoms with Crippen molar-refractivity contribution < 1.29 is 14.3 Å². The molecule has 0 saturated carbocycles. The van der Waals surface area contributed by atoms with E-state index < -0.39 is 5.60 Å². The van der Waals surface area contributed by atoms with Crippen LogP contribution in [0.25, 0.3) is 11.3 Å². The lowest BCUT2D eigenvalue weighted by Gasteiger charge is -2.20. The molecule has 0 bridgehead atoms. The number of carbonyl (C=O) groups excluding carboxylic acids is 1. The number of hydrogen-bond acceptors (Lipinski definition) is 5. The van der Waals surface area contributed by atoms with Gasteiger partial charge in [0, 0.05) is 17.6 Å². The summed E-state index contributed by atoms with van der Waals surface area (Å²) in [6.07, 6.45) is 1.66. The van der Waals surface area contributed by atoms with Crippen molar-refractivity contribution in [1.29, 1.82) is 0 Å². The van der Waals surface area contributed by atoms with Gasteiger partial charge in [-0.3, -0.25) is 10.1 Å². The van der Waals surface area contributed by atoms with E-state index in [0.717, 1.165) is 29.8 Å². The average Bonchev–Trinajstić information content (AvgIpc) is 3.18. The van der Waals surface area contributed by atoms with E-state index in [4.69, 9.17) is 9.47 Å². The van der Waals surface area contributed by atoms with Crippen LogP contribution in [0.1, 0.15) is 26.7 Å². The van der Waals surface area contributed by atoms with Crippen LogP contribution in [-0.4, -0.2) is 29.7 Å². The minimum atomic E-state index is -0.735. The third-order valence-electron chi connectivity index (χ3n) is 3.86. The Morgan fingerprint density at radius 3 is 3.13 bits per heavy atom. The maximum absolute atomic E-state index is 12.3. The molecule has 2 aromatic rings. The fourth-order valence-electron chi connectivity index (χ4n) is 2.56. The van der Waals surface area contributed by atoms with Crippen LogP contribution in [0.5, 0.6) is 5.75 Å². The van der Waals surface area contributed by atoms with Gasteiger partial charge in [0.2, 0.25) is 0 Å². The molecule has 1 saturated heterocycles. The highest BCUT2D eigenvalue weighted by atomic mass is 32.1. The highest BCUT2D eigenvalue weighted by Crippen LogP contribution is 2.30. The van der Waals surface area contributed by atoms with E-state index >= 15 is 0 Å². The van der Waals surface area contributed by atoms with E-state index in [0.29, 0.717) is 18.3 Å². The van der Waals surface area contributed by atoms with E-state index in [1.807, 2.05) is 43.5 Å². The molecule has 1 aromatic heterocycles. The zero-order valence-electron chi connectivity index (χ0n) is 13.3. The van der Waals surface area contributed by atoms with Gasteiger partial charge in [-0.05, 0) is 38.8 Å². The van der Waals surface area contributed by atoms with Gasteiger partial charge in [0.1, 0.15) is 11.4 Å². The number of hydrogen-bond donors (Lipinski definition) is 1. The zero-order valence-corrected chi connectivity index (χ0v) is 14.1. The number of ether oxygens (including phenoxy) is 2. The Labute approximate surface area is 139 Å². The number of thiazole rings is 1. The molecule has 1 atom stereocenters. The van der Waals surface area contributed by atoms with E-state index in [-0.39, 0.29) is 5.91 Å². The Morgan fingerprint density at radius 2 is 2.39 bits per heavy atom. The van der Waals surface area contributed by atoms with E-state index in [9.17, 15) is 4.79 Å². The van der Waals surface area contributed by atoms with Gasteiger partial charge < -0.3 is 9.47 Å². The predicted octanol–water partition coefficient (Wildman–Crippen LogP) is 3.72. The van der Waals surface area contributed by atoms with Crippen molar-refractivity contribution in [2.75, 3.05) is 18.5 Å². The Morgan fingerprint density at radius 1 is 1.52 bits per heavy atom. The molecule has 122 valence electrons. The molecule has 1 aliphatic rings. The highest BCUT2D eigenvalue weighted by Gasteiger charge is 2.38. The van der Waals surface area contributed by atoms with E-state index in [1.54, 1.807) is 0 Å². The van der Waals surface area contributed by atoms with Crippen molar-refractivity contribution in [1.82, 2.24) is 4.98 Å². The summed E-state index contributed by atoms with van der Waals surface area (Å²) in [6.45, 7) is 5.04. The normalized spacial score (nSPS) is 20.4. The minimum Gasteiger partial charge on any atom is -0.494 e. The summed E-state index contributed by atoms with van der Waals surface area (Å²) in [5.41, 5.74) is 1.06. The smallest absolute Gasteiger partial charge is 0.258 e. The molecule has 5 nitrogen and oxygen atoms in total. The molecular formula is C17H20N2O3S. The molecule has 1 aromatic carbocycles. The number of rotatable bonds is 5. The van der Waals surface area contributed by atoms with Crippen molar-refractivity contribution in [2.24, 2.45) is 0 Å². The van der Waals surface area contributed by atoms with Crippen LogP contribution in [0.3, 0.4) is 0 Å². The molecule has 0 radical (unpaired) electrons. The summed E-state index contributed by atoms with van der Waals surface area (Å²) < 4.78 is 11.1. The molecule has 1 aliphatic heterocycles. The number of anilines is 1. The second kappa shape index (κ2) is 6.68. The van der Waals surface area contributed by atoms with Gasteiger partial charge in [-0.1, -0.05) is 12.1 Å². The first-order chi connectivity index (χ1) is 11.1. The number of nitrogens with zero attached hydrogens (tertiary/aromatic N) is 1. The van der Waals surface area contributed by atoms with Crippen LogP contribution in [-0.2, 0) is 9.53 Å². The maximum Gasteiger partial charge on any atom is 0.258 e. The molecule has 1 N–H and O–H groups in total. The Bertz CT molecular complexity index is 693. The van der Waals surface area contributed by atoms with Gasteiger partial charge in [0.25, 0.3) is 5.91 Å². The molecule has 23 heavy (non-hydrogen) atoms. The number of nitrogens with one attached hydrogen (secondary N) is 1. The fourth-order valence-corrected chi connectivity index (χ4v) is 3.28. The van der Waals surface area contributed by atoms with Gasteiger partial charge in [-0.25, -0.2) is 4.98 Å². The molecule has 0 unspecified atom stereocenters. The highest BCUT2D eigenvalue weighted by molar-refractivity contribution is 7.14. The minimum absolute atomic E-state index is 0.126. The SMILES string of the molecule is CCOc1cccc(-c2csc(NC(=O)[C@]3(C)CCCO3)n2)c1. The van der Waals surface area contributed by atoms with Crippen LogP contribution in [0.2, 0.25) is 0 Å². The molecule has 1 amide bonds. The lowest BCUT2D eigenvalue weighted by atomic mass is 10.0. The second-order valence-electron chi connectivity index (χ2n) is 5.64. The summed E-state index contributed by atoms with van der Waals surface area (Å²) in [5.74, 6) is 0.689. The largest absolute Gasteiger partial charge is 0.494 e. The van der Waals surface area contributed by atoms with Crippen LogP contribution in [0.15, 0.2) is 29.6 Å². The van der Waals surface area contributed by atoms with Crippen LogP contribution < -0.4 is 10.1 Å². The molecule has 6 heteroatoms. The van der Waals surface area contributed by atoms with Crippen molar-refractivity contribution in [3.63, 3.8) is 0 Å². The standard InChI is InChI=1S/C17H20N2O3S/c1-3-21-13-7-4-6-12(10-13)14-11-23-16(18-14)19-15(20)17(2)8-5-9-22-17/h4,6-7,10-11H,3,5,8-9H2,1-2H3,(H,18,19,20)/t17-/m0/s1.